The number of imide groups is 1. The summed E-state index contributed by atoms with van der Waals surface area (Å²) in [5.74, 6) is -0.357. The van der Waals surface area contributed by atoms with Gasteiger partial charge >= 0.3 is 5.97 Å². The molecule has 0 radical (unpaired) electrons. The van der Waals surface area contributed by atoms with Crippen molar-refractivity contribution in [3.05, 3.63) is 27.6 Å². The third kappa shape index (κ3) is 5.90. The third-order valence-electron chi connectivity index (χ3n) is 3.97. The van der Waals surface area contributed by atoms with E-state index in [9.17, 15) is 14.4 Å². The van der Waals surface area contributed by atoms with E-state index in [1.54, 1.807) is 26.0 Å². The second-order valence-electron chi connectivity index (χ2n) is 6.68. The van der Waals surface area contributed by atoms with Crippen molar-refractivity contribution in [3.63, 3.8) is 0 Å². The molecule has 1 aromatic rings. The van der Waals surface area contributed by atoms with Gasteiger partial charge in [-0.2, -0.15) is 0 Å². The third-order valence-corrected chi connectivity index (χ3v) is 5.16. The number of nitrogens with zero attached hydrogens (tertiary/aromatic N) is 1. The van der Waals surface area contributed by atoms with Crippen molar-refractivity contribution >= 4 is 46.6 Å². The lowest BCUT2D eigenvalue weighted by Crippen LogP contribution is -2.35. The van der Waals surface area contributed by atoms with Gasteiger partial charge in [-0.25, -0.2) is 0 Å². The minimum absolute atomic E-state index is 0.0469. The minimum atomic E-state index is -0.639. The van der Waals surface area contributed by atoms with Gasteiger partial charge in [-0.1, -0.05) is 18.5 Å². The fourth-order valence-electron chi connectivity index (χ4n) is 2.44. The van der Waals surface area contributed by atoms with Gasteiger partial charge in [0, 0.05) is 0 Å². The van der Waals surface area contributed by atoms with E-state index in [-0.39, 0.29) is 17.1 Å². The molecule has 1 aromatic carbocycles. The molecule has 9 heteroatoms. The van der Waals surface area contributed by atoms with Crippen LogP contribution in [0.4, 0.5) is 4.79 Å². The van der Waals surface area contributed by atoms with E-state index in [1.807, 2.05) is 13.8 Å². The van der Waals surface area contributed by atoms with E-state index in [0.29, 0.717) is 22.1 Å². The molecule has 2 amide bonds. The summed E-state index contributed by atoms with van der Waals surface area (Å²) in [5, 5.41) is -0.201. The summed E-state index contributed by atoms with van der Waals surface area (Å²) in [6.07, 6.45) is 1.95. The molecule has 2 rings (SSSR count). The summed E-state index contributed by atoms with van der Waals surface area (Å²) in [5.41, 5.74) is 0.568. The van der Waals surface area contributed by atoms with Crippen LogP contribution in [-0.2, 0) is 14.3 Å². The summed E-state index contributed by atoms with van der Waals surface area (Å²) in [6, 6.07) is 3.30. The van der Waals surface area contributed by atoms with E-state index in [1.165, 1.54) is 13.2 Å². The maximum atomic E-state index is 12.6. The topological polar surface area (TPSA) is 82.1 Å². The molecule has 29 heavy (non-hydrogen) atoms. The molecule has 158 valence electrons. The lowest BCUT2D eigenvalue weighted by atomic mass is 10.1. The Morgan fingerprint density at radius 2 is 1.97 bits per heavy atom. The van der Waals surface area contributed by atoms with Gasteiger partial charge in [0.15, 0.2) is 11.5 Å². The number of methoxy groups -OCH3 is 1. The Bertz CT molecular complexity index is 839. The lowest BCUT2D eigenvalue weighted by molar-refractivity contribution is -0.149. The number of esters is 1. The molecule has 7 nitrogen and oxygen atoms in total. The fourth-order valence-corrected chi connectivity index (χ4v) is 3.54. The molecular weight excluding hydrogens is 418 g/mol. The Morgan fingerprint density at radius 1 is 1.28 bits per heavy atom. The number of hydrogen-bond acceptors (Lipinski definition) is 7. The maximum absolute atomic E-state index is 12.6. The normalized spacial score (nSPS) is 16.5. The average Bonchev–Trinajstić information content (AvgIpc) is 2.90. The number of benzene rings is 1. The van der Waals surface area contributed by atoms with Crippen LogP contribution in [0, 0.1) is 0 Å². The maximum Gasteiger partial charge on any atom is 0.326 e. The van der Waals surface area contributed by atoms with E-state index in [2.05, 4.69) is 0 Å². The van der Waals surface area contributed by atoms with Crippen LogP contribution in [0.15, 0.2) is 17.0 Å². The lowest BCUT2D eigenvalue weighted by Gasteiger charge is -2.17. The Labute approximate surface area is 179 Å². The molecule has 0 saturated carbocycles. The number of thioether (sulfide) groups is 1. The highest BCUT2D eigenvalue weighted by molar-refractivity contribution is 8.18. The second kappa shape index (κ2) is 10.0. The molecular formula is C20H24ClNO6S. The van der Waals surface area contributed by atoms with Gasteiger partial charge in [-0.3, -0.25) is 19.3 Å². The number of amides is 2. The zero-order valence-corrected chi connectivity index (χ0v) is 18.6. The van der Waals surface area contributed by atoms with Gasteiger partial charge in [0.2, 0.25) is 0 Å². The second-order valence-corrected chi connectivity index (χ2v) is 8.08. The molecule has 1 atom stereocenters. The number of carbonyl (C=O) groups is 3. The molecule has 1 aliphatic heterocycles. The van der Waals surface area contributed by atoms with Gasteiger partial charge in [0.25, 0.3) is 11.1 Å². The van der Waals surface area contributed by atoms with Gasteiger partial charge in [0.1, 0.15) is 6.54 Å². The molecule has 1 fully saturated rings. The summed E-state index contributed by atoms with van der Waals surface area (Å²) in [7, 11) is 1.49. The number of halogens is 1. The molecule has 0 N–H and O–H groups in total. The highest BCUT2D eigenvalue weighted by Crippen LogP contribution is 2.39. The largest absolute Gasteiger partial charge is 0.493 e. The van der Waals surface area contributed by atoms with Crippen molar-refractivity contribution in [1.29, 1.82) is 0 Å². The molecule has 0 unspecified atom stereocenters. The zero-order valence-electron chi connectivity index (χ0n) is 17.0. The van der Waals surface area contributed by atoms with Crippen LogP contribution >= 0.6 is 23.4 Å². The van der Waals surface area contributed by atoms with Crippen molar-refractivity contribution in [2.45, 2.75) is 46.3 Å². The van der Waals surface area contributed by atoms with Gasteiger partial charge in [-0.15, -0.1) is 0 Å². The first-order valence-corrected chi connectivity index (χ1v) is 10.3. The SMILES string of the molecule is CC[C@H](C)Oc1c(Cl)cc(/C=C2/SC(=O)N(CC(=O)OC(C)C)C2=O)cc1OC. The number of carbonyl (C=O) groups excluding carboxylic acids is 3. The Morgan fingerprint density at radius 3 is 2.55 bits per heavy atom. The highest BCUT2D eigenvalue weighted by Gasteiger charge is 2.36. The van der Waals surface area contributed by atoms with Crippen LogP contribution in [-0.4, -0.2) is 47.9 Å². The van der Waals surface area contributed by atoms with Crippen LogP contribution < -0.4 is 9.47 Å². The molecule has 0 aliphatic carbocycles. The number of rotatable bonds is 8. The highest BCUT2D eigenvalue weighted by atomic mass is 35.5. The first-order chi connectivity index (χ1) is 13.7. The van der Waals surface area contributed by atoms with Crippen LogP contribution in [0.2, 0.25) is 5.02 Å². The Hall–Kier alpha value is -2.19. The number of ether oxygens (including phenoxy) is 3. The summed E-state index contributed by atoms with van der Waals surface area (Å²) < 4.78 is 16.2. The standard InChI is InChI=1S/C20H24ClNO6S/c1-6-12(4)28-18-14(21)7-13(8-15(18)26-5)9-16-19(24)22(20(25)29-16)10-17(23)27-11(2)3/h7-9,11-12H,6,10H2,1-5H3/b16-9+/t12-/m0/s1. The van der Waals surface area contributed by atoms with Crippen molar-refractivity contribution < 1.29 is 28.6 Å². The molecule has 0 aromatic heterocycles. The molecule has 1 saturated heterocycles. The molecule has 0 spiro atoms. The predicted octanol–water partition coefficient (Wildman–Crippen LogP) is 4.51. The molecule has 1 heterocycles. The molecule has 0 bridgehead atoms. The van der Waals surface area contributed by atoms with Crippen molar-refractivity contribution in [2.75, 3.05) is 13.7 Å². The summed E-state index contributed by atoms with van der Waals surface area (Å²) in [6.45, 7) is 6.87. The monoisotopic (exact) mass is 441 g/mol. The van der Waals surface area contributed by atoms with E-state index >= 15 is 0 Å². The quantitative estimate of drug-likeness (QED) is 0.433. The predicted molar refractivity (Wildman–Crippen MR) is 112 cm³/mol. The first-order valence-electron chi connectivity index (χ1n) is 9.15. The summed E-state index contributed by atoms with van der Waals surface area (Å²) >= 11 is 7.10. The van der Waals surface area contributed by atoms with Crippen LogP contribution in [0.3, 0.4) is 0 Å². The van der Waals surface area contributed by atoms with E-state index < -0.39 is 23.7 Å². The van der Waals surface area contributed by atoms with Crippen LogP contribution in [0.5, 0.6) is 11.5 Å². The van der Waals surface area contributed by atoms with E-state index in [0.717, 1.165) is 23.1 Å². The van der Waals surface area contributed by atoms with Gasteiger partial charge in [-0.05, 0) is 62.7 Å². The van der Waals surface area contributed by atoms with Gasteiger partial charge in [0.05, 0.1) is 29.2 Å². The average molecular weight is 442 g/mol. The molecule has 1 aliphatic rings. The van der Waals surface area contributed by atoms with E-state index in [4.69, 9.17) is 25.8 Å². The van der Waals surface area contributed by atoms with Gasteiger partial charge < -0.3 is 14.2 Å². The number of hydrogen-bond donors (Lipinski definition) is 0. The zero-order chi connectivity index (χ0) is 21.7. The minimum Gasteiger partial charge on any atom is -0.493 e. The Balaban J connectivity index is 2.25. The van der Waals surface area contributed by atoms with Crippen LogP contribution in [0.25, 0.3) is 6.08 Å². The first kappa shape index (κ1) is 23.1. The smallest absolute Gasteiger partial charge is 0.326 e. The fraction of sp³-hybridized carbons (Fsp3) is 0.450. The summed E-state index contributed by atoms with van der Waals surface area (Å²) in [4.78, 5) is 37.5. The Kier molecular flexibility index (Phi) is 7.98. The van der Waals surface area contributed by atoms with Crippen LogP contribution in [0.1, 0.15) is 39.7 Å². The van der Waals surface area contributed by atoms with Crippen molar-refractivity contribution in [3.8, 4) is 11.5 Å². The van der Waals surface area contributed by atoms with Crippen molar-refractivity contribution in [2.24, 2.45) is 0 Å². The van der Waals surface area contributed by atoms with Crippen molar-refractivity contribution in [1.82, 2.24) is 4.90 Å².